The molecule has 5 aromatic rings. The smallest absolute Gasteiger partial charge is 0.343 e. The van der Waals surface area contributed by atoms with Crippen molar-refractivity contribution in [3.63, 3.8) is 0 Å². The van der Waals surface area contributed by atoms with Crippen molar-refractivity contribution in [3.8, 4) is 5.75 Å². The minimum Gasteiger partial charge on any atom is -0.507 e. The molecule has 0 amide bonds. The Morgan fingerprint density at radius 2 is 1.44 bits per heavy atom. The Labute approximate surface area is 155 Å². The largest absolute Gasteiger partial charge is 0.507 e. The van der Waals surface area contributed by atoms with E-state index in [9.17, 15) is 9.90 Å². The Kier molecular flexibility index (Phi) is 3.47. The van der Waals surface area contributed by atoms with E-state index in [0.717, 1.165) is 27.1 Å². The van der Waals surface area contributed by atoms with E-state index in [1.54, 1.807) is 6.07 Å². The highest BCUT2D eigenvalue weighted by Gasteiger charge is 2.16. The first-order valence-electron chi connectivity index (χ1n) is 8.85. The molecule has 130 valence electrons. The first-order chi connectivity index (χ1) is 13.2. The van der Waals surface area contributed by atoms with Crippen LogP contribution in [0, 0.1) is 0 Å². The normalized spacial score (nSPS) is 11.4. The molecule has 0 spiro atoms. The lowest BCUT2D eigenvalue weighted by Gasteiger charge is -2.09. The maximum Gasteiger partial charge on any atom is 0.343 e. The van der Waals surface area contributed by atoms with Crippen LogP contribution in [0.3, 0.4) is 0 Å². The predicted molar refractivity (Wildman–Crippen MR) is 108 cm³/mol. The second-order valence-corrected chi connectivity index (χ2v) is 6.74. The molecule has 0 aliphatic heterocycles. The van der Waals surface area contributed by atoms with Crippen molar-refractivity contribution >= 4 is 32.5 Å². The second kappa shape index (κ2) is 5.99. The van der Waals surface area contributed by atoms with E-state index in [-0.39, 0.29) is 11.3 Å². The number of rotatable bonds is 2. The van der Waals surface area contributed by atoms with Gasteiger partial charge in [-0.1, -0.05) is 72.8 Å². The lowest BCUT2D eigenvalue weighted by molar-refractivity contribution is 0.459. The minimum absolute atomic E-state index is 0.000150. The van der Waals surface area contributed by atoms with Crippen molar-refractivity contribution in [2.24, 2.45) is 0 Å². The van der Waals surface area contributed by atoms with Gasteiger partial charge in [0.2, 0.25) is 0 Å². The third-order valence-corrected chi connectivity index (χ3v) is 5.06. The molecular weight excluding hydrogens is 336 g/mol. The Morgan fingerprint density at radius 1 is 0.741 bits per heavy atom. The van der Waals surface area contributed by atoms with Crippen LogP contribution in [0.4, 0.5) is 0 Å². The molecule has 27 heavy (non-hydrogen) atoms. The Bertz CT molecular complexity index is 1380. The summed E-state index contributed by atoms with van der Waals surface area (Å²) in [4.78, 5) is 12.6. The van der Waals surface area contributed by atoms with Gasteiger partial charge in [0, 0.05) is 11.8 Å². The second-order valence-electron chi connectivity index (χ2n) is 6.74. The van der Waals surface area contributed by atoms with Gasteiger partial charge in [-0.05, 0) is 27.8 Å². The van der Waals surface area contributed by atoms with E-state index < -0.39 is 5.63 Å². The molecule has 3 nitrogen and oxygen atoms in total. The number of fused-ring (bicyclic) bond motifs is 4. The van der Waals surface area contributed by atoms with Crippen LogP contribution in [-0.2, 0) is 6.42 Å². The highest BCUT2D eigenvalue weighted by molar-refractivity contribution is 6.06. The number of hydrogen-bond acceptors (Lipinski definition) is 3. The highest BCUT2D eigenvalue weighted by atomic mass is 16.4. The fraction of sp³-hybridized carbons (Fsp3) is 0.0417. The van der Waals surface area contributed by atoms with Crippen molar-refractivity contribution in [2.75, 3.05) is 0 Å². The number of aromatic hydroxyl groups is 1. The predicted octanol–water partition coefficient (Wildman–Crippen LogP) is 5.40. The van der Waals surface area contributed by atoms with Gasteiger partial charge in [0.1, 0.15) is 11.3 Å². The Hall–Kier alpha value is -3.59. The van der Waals surface area contributed by atoms with Crippen molar-refractivity contribution < 1.29 is 9.52 Å². The van der Waals surface area contributed by atoms with Crippen LogP contribution in [0.25, 0.3) is 32.5 Å². The zero-order valence-electron chi connectivity index (χ0n) is 14.5. The molecule has 0 unspecified atom stereocenters. The molecular formula is C24H16O3. The quantitative estimate of drug-likeness (QED) is 0.342. The number of hydrogen-bond donors (Lipinski definition) is 1. The van der Waals surface area contributed by atoms with E-state index in [1.165, 1.54) is 0 Å². The van der Waals surface area contributed by atoms with Crippen molar-refractivity contribution in [1.82, 2.24) is 0 Å². The van der Waals surface area contributed by atoms with Crippen LogP contribution in [0.15, 0.2) is 88.1 Å². The third kappa shape index (κ3) is 2.56. The molecule has 0 radical (unpaired) electrons. The van der Waals surface area contributed by atoms with Gasteiger partial charge in [0.05, 0.1) is 10.9 Å². The van der Waals surface area contributed by atoms with Crippen LogP contribution in [0.2, 0.25) is 0 Å². The van der Waals surface area contributed by atoms with Gasteiger partial charge < -0.3 is 9.52 Å². The Balaban J connectivity index is 1.68. The molecule has 1 N–H and O–H groups in total. The summed E-state index contributed by atoms with van der Waals surface area (Å²) in [5.41, 5.74) is 1.17. The fourth-order valence-corrected chi connectivity index (χ4v) is 3.66. The monoisotopic (exact) mass is 352 g/mol. The Morgan fingerprint density at radius 3 is 2.30 bits per heavy atom. The molecule has 1 aromatic heterocycles. The lowest BCUT2D eigenvalue weighted by atomic mass is 9.99. The maximum absolute atomic E-state index is 12.6. The van der Waals surface area contributed by atoms with Crippen LogP contribution in [-0.4, -0.2) is 5.11 Å². The van der Waals surface area contributed by atoms with Gasteiger partial charge in [-0.2, -0.15) is 0 Å². The van der Waals surface area contributed by atoms with Gasteiger partial charge in [-0.3, -0.25) is 0 Å². The van der Waals surface area contributed by atoms with E-state index in [1.807, 2.05) is 72.8 Å². The van der Waals surface area contributed by atoms with E-state index in [0.29, 0.717) is 17.4 Å². The average molecular weight is 352 g/mol. The lowest BCUT2D eigenvalue weighted by Crippen LogP contribution is -2.08. The van der Waals surface area contributed by atoms with Crippen molar-refractivity contribution in [2.45, 2.75) is 6.42 Å². The van der Waals surface area contributed by atoms with Gasteiger partial charge in [0.15, 0.2) is 0 Å². The molecule has 0 saturated heterocycles. The molecule has 0 saturated carbocycles. The number of benzene rings is 4. The summed E-state index contributed by atoms with van der Waals surface area (Å²) in [5, 5.41) is 15.4. The zero-order chi connectivity index (χ0) is 18.4. The van der Waals surface area contributed by atoms with Gasteiger partial charge in [0.25, 0.3) is 0 Å². The molecule has 0 atom stereocenters. The summed E-state index contributed by atoms with van der Waals surface area (Å²) < 4.78 is 5.63. The van der Waals surface area contributed by atoms with Gasteiger partial charge in [-0.25, -0.2) is 4.79 Å². The van der Waals surface area contributed by atoms with Crippen molar-refractivity contribution in [3.05, 3.63) is 100 Å². The third-order valence-electron chi connectivity index (χ3n) is 5.06. The summed E-state index contributed by atoms with van der Waals surface area (Å²) in [6.45, 7) is 0. The first-order valence-corrected chi connectivity index (χ1v) is 8.85. The summed E-state index contributed by atoms with van der Waals surface area (Å²) in [6, 6.07) is 25.5. The summed E-state index contributed by atoms with van der Waals surface area (Å²) in [7, 11) is 0. The van der Waals surface area contributed by atoms with Crippen LogP contribution in [0.5, 0.6) is 5.75 Å². The van der Waals surface area contributed by atoms with Gasteiger partial charge >= 0.3 is 5.63 Å². The molecule has 0 aliphatic rings. The summed E-state index contributed by atoms with van der Waals surface area (Å²) >= 11 is 0. The van der Waals surface area contributed by atoms with Crippen LogP contribution in [0.1, 0.15) is 11.1 Å². The molecule has 3 heteroatoms. The standard InChI is InChI=1S/C24H16O3/c25-22-20-12-11-17-6-3-4-8-19(17)23(20)27-24(26)21(22)14-15-9-10-16-5-1-2-7-18(16)13-15/h1-13,25H,14H2. The minimum atomic E-state index is -0.496. The molecule has 4 aromatic carbocycles. The first kappa shape index (κ1) is 15.6. The molecule has 1 heterocycles. The SMILES string of the molecule is O=c1oc2c(ccc3ccccc32)c(O)c1Cc1ccc2ccccc2c1. The van der Waals surface area contributed by atoms with Crippen molar-refractivity contribution in [1.29, 1.82) is 0 Å². The molecule has 0 aliphatic carbocycles. The van der Waals surface area contributed by atoms with E-state index in [4.69, 9.17) is 4.42 Å². The fourth-order valence-electron chi connectivity index (χ4n) is 3.66. The average Bonchev–Trinajstić information content (AvgIpc) is 2.71. The van der Waals surface area contributed by atoms with E-state index >= 15 is 0 Å². The summed E-state index contributed by atoms with van der Waals surface area (Å²) in [5.74, 6) is 0.000150. The molecule has 0 bridgehead atoms. The van der Waals surface area contributed by atoms with Gasteiger partial charge in [-0.15, -0.1) is 0 Å². The van der Waals surface area contributed by atoms with E-state index in [2.05, 4.69) is 0 Å². The summed E-state index contributed by atoms with van der Waals surface area (Å²) in [6.07, 6.45) is 0.321. The van der Waals surface area contributed by atoms with Crippen LogP contribution >= 0.6 is 0 Å². The topological polar surface area (TPSA) is 50.4 Å². The molecule has 0 fully saturated rings. The van der Waals surface area contributed by atoms with Crippen LogP contribution < -0.4 is 5.63 Å². The highest BCUT2D eigenvalue weighted by Crippen LogP contribution is 2.32. The zero-order valence-corrected chi connectivity index (χ0v) is 14.5. The molecule has 5 rings (SSSR count). The maximum atomic E-state index is 12.6.